The lowest BCUT2D eigenvalue weighted by atomic mass is 9.78. The first-order valence-electron chi connectivity index (χ1n) is 7.38. The summed E-state index contributed by atoms with van der Waals surface area (Å²) in [5.41, 5.74) is 6.15. The number of ether oxygens (including phenoxy) is 1. The Morgan fingerprint density at radius 3 is 2.74 bits per heavy atom. The van der Waals surface area contributed by atoms with E-state index in [-0.39, 0.29) is 23.3 Å². The monoisotopic (exact) mass is 270 g/mol. The molecule has 19 heavy (non-hydrogen) atoms. The molecule has 1 aliphatic carbocycles. The van der Waals surface area contributed by atoms with Gasteiger partial charge in [-0.1, -0.05) is 20.8 Å². The minimum absolute atomic E-state index is 0.0121. The second-order valence-corrected chi connectivity index (χ2v) is 6.81. The van der Waals surface area contributed by atoms with Crippen molar-refractivity contribution in [2.45, 2.75) is 52.5 Å². The van der Waals surface area contributed by atoms with Crippen molar-refractivity contribution in [2.24, 2.45) is 23.0 Å². The maximum absolute atomic E-state index is 12.3. The molecule has 1 aliphatic rings. The molecule has 0 spiro atoms. The highest BCUT2D eigenvalue weighted by Gasteiger charge is 2.32. The predicted molar refractivity (Wildman–Crippen MR) is 77.8 cm³/mol. The molecule has 3 unspecified atom stereocenters. The normalized spacial score (nSPS) is 28.2. The summed E-state index contributed by atoms with van der Waals surface area (Å²) in [6, 6.07) is 0.0262. The van der Waals surface area contributed by atoms with E-state index in [1.165, 1.54) is 0 Å². The van der Waals surface area contributed by atoms with Crippen molar-refractivity contribution < 1.29 is 9.53 Å². The summed E-state index contributed by atoms with van der Waals surface area (Å²) in [7, 11) is 1.71. The minimum atomic E-state index is -0.0121. The van der Waals surface area contributed by atoms with Gasteiger partial charge in [-0.2, -0.15) is 0 Å². The van der Waals surface area contributed by atoms with Gasteiger partial charge in [0.2, 0.25) is 5.91 Å². The Bertz CT molecular complexity index is 292. The third-order valence-corrected chi connectivity index (χ3v) is 4.23. The van der Waals surface area contributed by atoms with E-state index < -0.39 is 0 Å². The molecule has 1 rings (SSSR count). The molecule has 0 aromatic heterocycles. The van der Waals surface area contributed by atoms with Crippen LogP contribution in [0.25, 0.3) is 0 Å². The van der Waals surface area contributed by atoms with Crippen LogP contribution in [0.2, 0.25) is 0 Å². The van der Waals surface area contributed by atoms with E-state index in [1.54, 1.807) is 7.11 Å². The largest absolute Gasteiger partial charge is 0.385 e. The van der Waals surface area contributed by atoms with Gasteiger partial charge in [-0.3, -0.25) is 4.79 Å². The molecule has 112 valence electrons. The Hall–Kier alpha value is -0.610. The van der Waals surface area contributed by atoms with E-state index in [4.69, 9.17) is 10.5 Å². The van der Waals surface area contributed by atoms with Gasteiger partial charge in [-0.15, -0.1) is 0 Å². The first kappa shape index (κ1) is 16.4. The fourth-order valence-electron chi connectivity index (χ4n) is 2.63. The average Bonchev–Trinajstić information content (AvgIpc) is 2.36. The van der Waals surface area contributed by atoms with Crippen LogP contribution in [0.3, 0.4) is 0 Å². The van der Waals surface area contributed by atoms with Crippen molar-refractivity contribution in [3.8, 4) is 0 Å². The van der Waals surface area contributed by atoms with E-state index in [9.17, 15) is 4.79 Å². The van der Waals surface area contributed by atoms with Crippen LogP contribution in [0.5, 0.6) is 0 Å². The van der Waals surface area contributed by atoms with Gasteiger partial charge < -0.3 is 15.8 Å². The average molecular weight is 270 g/mol. The van der Waals surface area contributed by atoms with Gasteiger partial charge in [0.15, 0.2) is 0 Å². The zero-order valence-corrected chi connectivity index (χ0v) is 12.9. The lowest BCUT2D eigenvalue weighted by molar-refractivity contribution is -0.127. The molecular weight excluding hydrogens is 240 g/mol. The molecule has 0 aromatic carbocycles. The molecule has 0 heterocycles. The van der Waals surface area contributed by atoms with Gasteiger partial charge >= 0.3 is 0 Å². The van der Waals surface area contributed by atoms with Crippen LogP contribution < -0.4 is 11.1 Å². The van der Waals surface area contributed by atoms with Crippen LogP contribution in [0, 0.1) is 17.3 Å². The van der Waals surface area contributed by atoms with Crippen LogP contribution >= 0.6 is 0 Å². The predicted octanol–water partition coefficient (Wildman–Crippen LogP) is 1.93. The highest BCUT2D eigenvalue weighted by Crippen LogP contribution is 2.28. The number of hydrogen-bond donors (Lipinski definition) is 2. The third kappa shape index (κ3) is 5.49. The molecular formula is C15H30N2O2. The second-order valence-electron chi connectivity index (χ2n) is 6.81. The number of carbonyl (C=O) groups is 1. The number of methoxy groups -OCH3 is 1. The summed E-state index contributed by atoms with van der Waals surface area (Å²) in [6.45, 7) is 7.91. The topological polar surface area (TPSA) is 64.3 Å². The molecule has 0 bridgehead atoms. The van der Waals surface area contributed by atoms with E-state index in [1.807, 2.05) is 0 Å². The van der Waals surface area contributed by atoms with Crippen LogP contribution in [0.1, 0.15) is 46.5 Å². The maximum atomic E-state index is 12.3. The SMILES string of the molecule is COCCC(C)(C)CNC(=O)C1CC(C)CCC1N. The fraction of sp³-hybridized carbons (Fsp3) is 0.933. The maximum Gasteiger partial charge on any atom is 0.224 e. The Balaban J connectivity index is 2.41. The van der Waals surface area contributed by atoms with Crippen molar-refractivity contribution in [3.05, 3.63) is 0 Å². The van der Waals surface area contributed by atoms with E-state index in [0.717, 1.165) is 32.3 Å². The number of hydrogen-bond acceptors (Lipinski definition) is 3. The number of nitrogens with two attached hydrogens (primary N) is 1. The molecule has 0 aromatic rings. The Morgan fingerprint density at radius 2 is 2.11 bits per heavy atom. The van der Waals surface area contributed by atoms with Crippen molar-refractivity contribution in [1.82, 2.24) is 5.32 Å². The zero-order chi connectivity index (χ0) is 14.5. The molecule has 1 amide bonds. The smallest absolute Gasteiger partial charge is 0.224 e. The quantitative estimate of drug-likeness (QED) is 0.775. The molecule has 1 saturated carbocycles. The summed E-state index contributed by atoms with van der Waals surface area (Å²) in [6.07, 6.45) is 3.97. The molecule has 1 fully saturated rings. The Labute approximate surface area is 117 Å². The highest BCUT2D eigenvalue weighted by atomic mass is 16.5. The summed E-state index contributed by atoms with van der Waals surface area (Å²) >= 11 is 0. The second kappa shape index (κ2) is 7.25. The number of amides is 1. The molecule has 3 atom stereocenters. The van der Waals surface area contributed by atoms with E-state index in [2.05, 4.69) is 26.1 Å². The lowest BCUT2D eigenvalue weighted by Crippen LogP contribution is -2.47. The molecule has 3 N–H and O–H groups in total. The molecule has 4 nitrogen and oxygen atoms in total. The Morgan fingerprint density at radius 1 is 1.42 bits per heavy atom. The van der Waals surface area contributed by atoms with Crippen LogP contribution in [0.15, 0.2) is 0 Å². The van der Waals surface area contributed by atoms with Crippen molar-refractivity contribution in [2.75, 3.05) is 20.3 Å². The first-order chi connectivity index (χ1) is 8.85. The number of rotatable bonds is 6. The summed E-state index contributed by atoms with van der Waals surface area (Å²) in [5, 5.41) is 3.08. The molecule has 0 saturated heterocycles. The van der Waals surface area contributed by atoms with E-state index >= 15 is 0 Å². The molecule has 0 aliphatic heterocycles. The van der Waals surface area contributed by atoms with Crippen LogP contribution in [-0.2, 0) is 9.53 Å². The molecule has 4 heteroatoms. The van der Waals surface area contributed by atoms with Crippen LogP contribution in [0.4, 0.5) is 0 Å². The highest BCUT2D eigenvalue weighted by molar-refractivity contribution is 5.79. The van der Waals surface area contributed by atoms with Crippen LogP contribution in [-0.4, -0.2) is 32.2 Å². The number of carbonyl (C=O) groups excluding carboxylic acids is 1. The van der Waals surface area contributed by atoms with Crippen molar-refractivity contribution in [1.29, 1.82) is 0 Å². The van der Waals surface area contributed by atoms with Gasteiger partial charge in [0.05, 0.1) is 5.92 Å². The summed E-state index contributed by atoms with van der Waals surface area (Å²) in [5.74, 6) is 0.726. The van der Waals surface area contributed by atoms with Gasteiger partial charge in [0, 0.05) is 26.3 Å². The summed E-state index contributed by atoms with van der Waals surface area (Å²) in [4.78, 5) is 12.3. The summed E-state index contributed by atoms with van der Waals surface area (Å²) < 4.78 is 5.10. The number of nitrogens with one attached hydrogen (secondary N) is 1. The van der Waals surface area contributed by atoms with Gasteiger partial charge in [0.1, 0.15) is 0 Å². The first-order valence-corrected chi connectivity index (χ1v) is 7.38. The van der Waals surface area contributed by atoms with Gasteiger partial charge in [0.25, 0.3) is 0 Å². The lowest BCUT2D eigenvalue weighted by Gasteiger charge is -2.33. The molecule has 0 radical (unpaired) electrons. The van der Waals surface area contributed by atoms with Gasteiger partial charge in [-0.05, 0) is 37.0 Å². The van der Waals surface area contributed by atoms with Crippen molar-refractivity contribution in [3.63, 3.8) is 0 Å². The van der Waals surface area contributed by atoms with Crippen molar-refractivity contribution >= 4 is 5.91 Å². The fourth-order valence-corrected chi connectivity index (χ4v) is 2.63. The van der Waals surface area contributed by atoms with Gasteiger partial charge in [-0.25, -0.2) is 0 Å². The minimum Gasteiger partial charge on any atom is -0.385 e. The Kier molecular flexibility index (Phi) is 6.27. The van der Waals surface area contributed by atoms with E-state index in [0.29, 0.717) is 12.5 Å². The standard InChI is InChI=1S/C15H30N2O2/c1-11-5-6-13(16)12(9-11)14(18)17-10-15(2,3)7-8-19-4/h11-13H,5-10,16H2,1-4H3,(H,17,18). The zero-order valence-electron chi connectivity index (χ0n) is 12.9. The third-order valence-electron chi connectivity index (χ3n) is 4.23.